The molecule has 45 heavy (non-hydrogen) atoms. The highest BCUT2D eigenvalue weighted by Gasteiger charge is 2.45. The van der Waals surface area contributed by atoms with E-state index in [9.17, 15) is 22.8 Å². The van der Waals surface area contributed by atoms with E-state index in [2.05, 4.69) is 9.97 Å². The van der Waals surface area contributed by atoms with Gasteiger partial charge in [-0.25, -0.2) is 9.97 Å². The number of benzene rings is 2. The predicted octanol–water partition coefficient (Wildman–Crippen LogP) is 6.51. The number of carbonyl (C=O) groups is 2. The molecule has 0 unspecified atom stereocenters. The minimum atomic E-state index is -4.30. The molecule has 2 aromatic carbocycles. The third-order valence-corrected chi connectivity index (χ3v) is 8.40. The van der Waals surface area contributed by atoms with Gasteiger partial charge >= 0.3 is 12.1 Å². The van der Waals surface area contributed by atoms with Crippen LogP contribution in [0.2, 0.25) is 0 Å². The van der Waals surface area contributed by atoms with E-state index < -0.39 is 17.8 Å². The van der Waals surface area contributed by atoms with Crippen molar-refractivity contribution < 1.29 is 27.5 Å². The summed E-state index contributed by atoms with van der Waals surface area (Å²) in [4.78, 5) is 39.7. The summed E-state index contributed by atoms with van der Waals surface area (Å²) in [7, 11) is 1.62. The molecule has 0 N–H and O–H groups in total. The Morgan fingerprint density at radius 2 is 1.67 bits per heavy atom. The van der Waals surface area contributed by atoms with Gasteiger partial charge in [0.05, 0.1) is 18.3 Å². The first-order chi connectivity index (χ1) is 21.3. The van der Waals surface area contributed by atoms with E-state index in [0.29, 0.717) is 56.0 Å². The van der Waals surface area contributed by atoms with E-state index in [1.165, 1.54) is 16.0 Å². The summed E-state index contributed by atoms with van der Waals surface area (Å²) in [5, 5.41) is 0. The number of anilines is 2. The van der Waals surface area contributed by atoms with Gasteiger partial charge < -0.3 is 14.5 Å². The molecule has 5 rings (SSSR count). The van der Waals surface area contributed by atoms with Gasteiger partial charge in [-0.1, -0.05) is 36.4 Å². The number of rotatable bonds is 7. The number of amides is 1. The van der Waals surface area contributed by atoms with Crippen molar-refractivity contribution in [2.75, 3.05) is 36.5 Å². The topological polar surface area (TPSA) is 78.9 Å². The van der Waals surface area contributed by atoms with Crippen molar-refractivity contribution in [1.29, 1.82) is 0 Å². The second-order valence-electron chi connectivity index (χ2n) is 12.8. The zero-order chi connectivity index (χ0) is 32.4. The van der Waals surface area contributed by atoms with Crippen LogP contribution in [0.5, 0.6) is 0 Å². The van der Waals surface area contributed by atoms with Crippen LogP contribution in [0.15, 0.2) is 60.9 Å². The van der Waals surface area contributed by atoms with E-state index >= 15 is 0 Å². The van der Waals surface area contributed by atoms with Crippen molar-refractivity contribution in [3.05, 3.63) is 72.2 Å². The van der Waals surface area contributed by atoms with Gasteiger partial charge in [-0.05, 0) is 81.8 Å². The molecule has 0 bridgehead atoms. The summed E-state index contributed by atoms with van der Waals surface area (Å²) >= 11 is 0. The van der Waals surface area contributed by atoms with E-state index in [1.807, 2.05) is 62.1 Å². The van der Waals surface area contributed by atoms with Crippen LogP contribution in [0.1, 0.15) is 62.5 Å². The van der Waals surface area contributed by atoms with Gasteiger partial charge in [0.25, 0.3) is 5.91 Å². The maximum Gasteiger partial charge on any atom is 0.404 e. The summed E-state index contributed by atoms with van der Waals surface area (Å²) < 4.78 is 46.8. The van der Waals surface area contributed by atoms with Crippen LogP contribution >= 0.6 is 0 Å². The standard InChI is InChI=1S/C34H40F3N5O3/c1-33(2,3)45-32(44)24-14-17-41(18-15-24)30-21-38-28(20-39-30)31(43)40(4)26-12-13-27(23-9-6-5-7-10-23)25(19-26)22-42-16-8-11-29(42)34(35,36)37/h5-7,9-10,12-13,19-21,24,29H,8,11,14-18,22H2,1-4H3/t29-/m0/s1. The highest BCUT2D eigenvalue weighted by atomic mass is 19.4. The van der Waals surface area contributed by atoms with Gasteiger partial charge in [-0.3, -0.25) is 14.5 Å². The number of carbonyl (C=O) groups excluding carboxylic acids is 2. The van der Waals surface area contributed by atoms with Gasteiger partial charge in [-0.2, -0.15) is 13.2 Å². The van der Waals surface area contributed by atoms with Crippen LogP contribution in [0.25, 0.3) is 11.1 Å². The molecule has 8 nitrogen and oxygen atoms in total. The molecule has 3 heterocycles. The van der Waals surface area contributed by atoms with Gasteiger partial charge in [0, 0.05) is 32.4 Å². The number of alkyl halides is 3. The van der Waals surface area contributed by atoms with Gasteiger partial charge in [0.15, 0.2) is 0 Å². The average Bonchev–Trinajstić information content (AvgIpc) is 3.49. The fourth-order valence-corrected chi connectivity index (χ4v) is 6.04. The first-order valence-electron chi connectivity index (χ1n) is 15.4. The molecule has 2 saturated heterocycles. The molecule has 1 amide bonds. The zero-order valence-electron chi connectivity index (χ0n) is 26.2. The number of hydrogen-bond donors (Lipinski definition) is 0. The second kappa shape index (κ2) is 13.2. The van der Waals surface area contributed by atoms with Crippen molar-refractivity contribution in [3.63, 3.8) is 0 Å². The van der Waals surface area contributed by atoms with Crippen LogP contribution in [0, 0.1) is 5.92 Å². The maximum absolute atomic E-state index is 13.8. The minimum absolute atomic E-state index is 0.0820. The van der Waals surface area contributed by atoms with Crippen LogP contribution < -0.4 is 9.80 Å². The molecule has 3 aromatic rings. The Hall–Kier alpha value is -3.99. The Morgan fingerprint density at radius 1 is 0.956 bits per heavy atom. The number of hydrogen-bond acceptors (Lipinski definition) is 7. The smallest absolute Gasteiger partial charge is 0.404 e. The van der Waals surface area contributed by atoms with Crippen molar-refractivity contribution >= 4 is 23.4 Å². The number of halogens is 3. The molecule has 1 atom stereocenters. The number of nitrogens with zero attached hydrogens (tertiary/aromatic N) is 5. The molecule has 11 heteroatoms. The van der Waals surface area contributed by atoms with E-state index in [1.54, 1.807) is 25.4 Å². The lowest BCUT2D eigenvalue weighted by Crippen LogP contribution is -2.40. The lowest BCUT2D eigenvalue weighted by Gasteiger charge is -2.33. The highest BCUT2D eigenvalue weighted by molar-refractivity contribution is 6.04. The molecular formula is C34H40F3N5O3. The molecule has 0 spiro atoms. The van der Waals surface area contributed by atoms with Crippen LogP contribution in [0.3, 0.4) is 0 Å². The van der Waals surface area contributed by atoms with Crippen LogP contribution in [-0.2, 0) is 16.1 Å². The monoisotopic (exact) mass is 623 g/mol. The lowest BCUT2D eigenvalue weighted by atomic mass is 9.96. The Morgan fingerprint density at radius 3 is 2.29 bits per heavy atom. The number of ether oxygens (including phenoxy) is 1. The Kier molecular flexibility index (Phi) is 9.48. The fourth-order valence-electron chi connectivity index (χ4n) is 6.04. The molecule has 0 saturated carbocycles. The van der Waals surface area contributed by atoms with Gasteiger partial charge in [0.2, 0.25) is 0 Å². The molecule has 0 aliphatic carbocycles. The second-order valence-corrected chi connectivity index (χ2v) is 12.8. The van der Waals surface area contributed by atoms with Crippen molar-refractivity contribution in [1.82, 2.24) is 14.9 Å². The predicted molar refractivity (Wildman–Crippen MR) is 167 cm³/mol. The lowest BCUT2D eigenvalue weighted by molar-refractivity contribution is -0.177. The fraction of sp³-hybridized carbons (Fsp3) is 0.471. The summed E-state index contributed by atoms with van der Waals surface area (Å²) in [6.45, 7) is 7.28. The summed E-state index contributed by atoms with van der Waals surface area (Å²) in [6, 6.07) is 13.5. The van der Waals surface area contributed by atoms with E-state index in [0.717, 1.165) is 11.1 Å². The molecule has 2 fully saturated rings. The quantitative estimate of drug-likeness (QED) is 0.278. The maximum atomic E-state index is 13.8. The van der Waals surface area contributed by atoms with E-state index in [-0.39, 0.29) is 36.5 Å². The molecule has 2 aliphatic heterocycles. The molecular weight excluding hydrogens is 583 g/mol. The van der Waals surface area contributed by atoms with Crippen molar-refractivity contribution in [2.24, 2.45) is 5.92 Å². The molecule has 0 radical (unpaired) electrons. The largest absolute Gasteiger partial charge is 0.460 e. The first-order valence-corrected chi connectivity index (χ1v) is 15.4. The highest BCUT2D eigenvalue weighted by Crippen LogP contribution is 2.36. The van der Waals surface area contributed by atoms with Crippen molar-refractivity contribution in [2.45, 2.75) is 70.8 Å². The third-order valence-electron chi connectivity index (χ3n) is 8.40. The average molecular weight is 624 g/mol. The van der Waals surface area contributed by atoms with E-state index in [4.69, 9.17) is 4.74 Å². The number of piperidine rings is 1. The molecule has 1 aromatic heterocycles. The zero-order valence-corrected chi connectivity index (χ0v) is 26.2. The first kappa shape index (κ1) is 32.4. The Bertz CT molecular complexity index is 1480. The van der Waals surface area contributed by atoms with Gasteiger partial charge in [0.1, 0.15) is 23.2 Å². The Labute approximate surface area is 262 Å². The van der Waals surface area contributed by atoms with Gasteiger partial charge in [-0.15, -0.1) is 0 Å². The number of esters is 1. The SMILES string of the molecule is CN(C(=O)c1cnc(N2CCC(C(=O)OC(C)(C)C)CC2)cn1)c1ccc(-c2ccccc2)c(CN2CCC[C@H]2C(F)(F)F)c1. The summed E-state index contributed by atoms with van der Waals surface area (Å²) in [5.41, 5.74) is 2.61. The number of aromatic nitrogens is 2. The molecule has 2 aliphatic rings. The number of likely N-dealkylation sites (tertiary alicyclic amines) is 1. The van der Waals surface area contributed by atoms with Crippen molar-refractivity contribution in [3.8, 4) is 11.1 Å². The molecule has 240 valence electrons. The van der Waals surface area contributed by atoms with Crippen LogP contribution in [-0.4, -0.2) is 71.2 Å². The summed E-state index contributed by atoms with van der Waals surface area (Å²) in [6.07, 6.45) is 0.546. The van der Waals surface area contributed by atoms with Crippen LogP contribution in [0.4, 0.5) is 24.7 Å². The summed E-state index contributed by atoms with van der Waals surface area (Å²) in [5.74, 6) is -0.106. The normalized spacial score (nSPS) is 18.2. The minimum Gasteiger partial charge on any atom is -0.460 e. The third kappa shape index (κ3) is 7.81. The Balaban J connectivity index is 1.30.